The van der Waals surface area contributed by atoms with E-state index >= 15 is 0 Å². The minimum atomic E-state index is -0.343. The molecule has 3 aromatic carbocycles. The standard InChI is InChI=1S/C24H21BrN4O/c1-3-17-8-14-20(15-9-17)26-24(30)22-27-23(18-10-12-19(25)13-11-18)29(28-22)21-7-5-4-6-16(21)2/h4-15H,3H2,1-2H3,(H,26,30). The van der Waals surface area contributed by atoms with E-state index in [2.05, 4.69) is 38.3 Å². The predicted molar refractivity (Wildman–Crippen MR) is 123 cm³/mol. The van der Waals surface area contributed by atoms with Crippen molar-refractivity contribution in [3.8, 4) is 17.1 Å². The molecule has 0 aliphatic carbocycles. The molecule has 0 saturated carbocycles. The van der Waals surface area contributed by atoms with Crippen LogP contribution in [-0.4, -0.2) is 20.7 Å². The van der Waals surface area contributed by atoms with Crippen molar-refractivity contribution < 1.29 is 4.79 Å². The summed E-state index contributed by atoms with van der Waals surface area (Å²) >= 11 is 3.46. The van der Waals surface area contributed by atoms with Crippen molar-refractivity contribution >= 4 is 27.5 Å². The van der Waals surface area contributed by atoms with Gasteiger partial charge in [0.15, 0.2) is 5.82 Å². The number of para-hydroxylation sites is 1. The smallest absolute Gasteiger partial charge is 0.295 e. The number of carbonyl (C=O) groups is 1. The maximum absolute atomic E-state index is 12.9. The number of benzene rings is 3. The molecule has 1 N–H and O–H groups in total. The molecule has 5 nitrogen and oxygen atoms in total. The van der Waals surface area contributed by atoms with Gasteiger partial charge in [-0.05, 0) is 54.8 Å². The molecule has 30 heavy (non-hydrogen) atoms. The molecule has 0 radical (unpaired) electrons. The minimum absolute atomic E-state index is 0.121. The SMILES string of the molecule is CCc1ccc(NC(=O)c2nc(-c3ccc(Br)cc3)n(-c3ccccc3C)n2)cc1. The number of nitrogens with one attached hydrogen (secondary N) is 1. The van der Waals surface area contributed by atoms with Gasteiger partial charge in [0, 0.05) is 15.7 Å². The second-order valence-electron chi connectivity index (χ2n) is 6.97. The Hall–Kier alpha value is -3.25. The number of hydrogen-bond acceptors (Lipinski definition) is 3. The van der Waals surface area contributed by atoms with Gasteiger partial charge in [-0.15, -0.1) is 5.10 Å². The quantitative estimate of drug-likeness (QED) is 0.408. The minimum Gasteiger partial charge on any atom is -0.319 e. The molecule has 4 aromatic rings. The third kappa shape index (κ3) is 4.19. The van der Waals surface area contributed by atoms with Gasteiger partial charge >= 0.3 is 0 Å². The summed E-state index contributed by atoms with van der Waals surface area (Å²) in [5.41, 5.74) is 4.74. The topological polar surface area (TPSA) is 59.8 Å². The normalized spacial score (nSPS) is 10.8. The second-order valence-corrected chi connectivity index (χ2v) is 7.88. The lowest BCUT2D eigenvalue weighted by molar-refractivity contribution is 0.101. The van der Waals surface area contributed by atoms with E-state index in [4.69, 9.17) is 0 Å². The fraction of sp³-hybridized carbons (Fsp3) is 0.125. The van der Waals surface area contributed by atoms with Crippen molar-refractivity contribution in [3.63, 3.8) is 0 Å². The van der Waals surface area contributed by atoms with Crippen molar-refractivity contribution in [1.29, 1.82) is 0 Å². The molecule has 150 valence electrons. The first-order chi connectivity index (χ1) is 14.5. The number of hydrogen-bond donors (Lipinski definition) is 1. The third-order valence-electron chi connectivity index (χ3n) is 4.88. The largest absolute Gasteiger partial charge is 0.319 e. The Kier molecular flexibility index (Phi) is 5.77. The Bertz CT molecular complexity index is 1180. The molecular weight excluding hydrogens is 440 g/mol. The molecule has 6 heteroatoms. The summed E-state index contributed by atoms with van der Waals surface area (Å²) in [4.78, 5) is 17.5. The van der Waals surface area contributed by atoms with E-state index in [1.807, 2.05) is 79.7 Å². The lowest BCUT2D eigenvalue weighted by Gasteiger charge is -2.08. The Balaban J connectivity index is 1.73. The van der Waals surface area contributed by atoms with Crippen LogP contribution in [0.25, 0.3) is 17.1 Å². The van der Waals surface area contributed by atoms with E-state index in [1.54, 1.807) is 4.68 Å². The molecule has 0 saturated heterocycles. The number of halogens is 1. The van der Waals surface area contributed by atoms with Gasteiger partial charge in [0.1, 0.15) is 0 Å². The number of anilines is 1. The summed E-state index contributed by atoms with van der Waals surface area (Å²) in [5.74, 6) is 0.393. The Labute approximate surface area is 183 Å². The number of amides is 1. The molecule has 1 amide bonds. The summed E-state index contributed by atoms with van der Waals surface area (Å²) in [6.45, 7) is 4.11. The maximum Gasteiger partial charge on any atom is 0.295 e. The lowest BCUT2D eigenvalue weighted by Crippen LogP contribution is -2.14. The van der Waals surface area contributed by atoms with E-state index in [1.165, 1.54) is 5.56 Å². The fourth-order valence-corrected chi connectivity index (χ4v) is 3.44. The van der Waals surface area contributed by atoms with Crippen molar-refractivity contribution in [2.24, 2.45) is 0 Å². The Morgan fingerprint density at radius 3 is 2.37 bits per heavy atom. The summed E-state index contributed by atoms with van der Waals surface area (Å²) in [5, 5.41) is 7.44. The number of rotatable bonds is 5. The molecule has 1 heterocycles. The lowest BCUT2D eigenvalue weighted by atomic mass is 10.1. The molecular formula is C24H21BrN4O. The average Bonchev–Trinajstić information content (AvgIpc) is 3.20. The number of aromatic nitrogens is 3. The number of nitrogens with zero attached hydrogens (tertiary/aromatic N) is 3. The van der Waals surface area contributed by atoms with Crippen LogP contribution in [0.5, 0.6) is 0 Å². The predicted octanol–water partition coefficient (Wildman–Crippen LogP) is 5.82. The summed E-state index contributed by atoms with van der Waals surface area (Å²) in [6, 6.07) is 23.5. The van der Waals surface area contributed by atoms with Crippen LogP contribution in [0.15, 0.2) is 77.3 Å². The van der Waals surface area contributed by atoms with E-state index < -0.39 is 0 Å². The maximum atomic E-state index is 12.9. The molecule has 0 atom stereocenters. The Morgan fingerprint density at radius 1 is 1.00 bits per heavy atom. The van der Waals surface area contributed by atoms with E-state index in [0.717, 1.165) is 33.4 Å². The Morgan fingerprint density at radius 2 is 1.70 bits per heavy atom. The van der Waals surface area contributed by atoms with Crippen molar-refractivity contribution in [2.45, 2.75) is 20.3 Å². The van der Waals surface area contributed by atoms with E-state index in [9.17, 15) is 4.79 Å². The van der Waals surface area contributed by atoms with Gasteiger partial charge in [0.25, 0.3) is 5.91 Å². The molecule has 0 aliphatic heterocycles. The highest BCUT2D eigenvalue weighted by Gasteiger charge is 2.19. The highest BCUT2D eigenvalue weighted by atomic mass is 79.9. The second kappa shape index (κ2) is 8.63. The van der Waals surface area contributed by atoms with Gasteiger partial charge in [-0.25, -0.2) is 9.67 Å². The van der Waals surface area contributed by atoms with Crippen LogP contribution in [0, 0.1) is 6.92 Å². The zero-order valence-corrected chi connectivity index (χ0v) is 18.3. The van der Waals surface area contributed by atoms with E-state index in [-0.39, 0.29) is 11.7 Å². The molecule has 0 fully saturated rings. The van der Waals surface area contributed by atoms with Gasteiger partial charge in [-0.1, -0.05) is 65.3 Å². The summed E-state index contributed by atoms with van der Waals surface area (Å²) in [7, 11) is 0. The number of carbonyl (C=O) groups excluding carboxylic acids is 1. The molecule has 0 aliphatic rings. The summed E-state index contributed by atoms with van der Waals surface area (Å²) < 4.78 is 2.70. The van der Waals surface area contributed by atoms with Crippen molar-refractivity contribution in [3.05, 3.63) is 94.2 Å². The highest BCUT2D eigenvalue weighted by molar-refractivity contribution is 9.10. The zero-order chi connectivity index (χ0) is 21.1. The first-order valence-electron chi connectivity index (χ1n) is 9.74. The molecule has 4 rings (SSSR count). The van der Waals surface area contributed by atoms with Crippen molar-refractivity contribution in [2.75, 3.05) is 5.32 Å². The fourth-order valence-electron chi connectivity index (χ4n) is 3.17. The first kappa shape index (κ1) is 20.0. The first-order valence-corrected chi connectivity index (χ1v) is 10.5. The van der Waals surface area contributed by atoms with Crippen LogP contribution in [0.3, 0.4) is 0 Å². The average molecular weight is 461 g/mol. The molecule has 0 unspecified atom stereocenters. The van der Waals surface area contributed by atoms with Crippen molar-refractivity contribution in [1.82, 2.24) is 14.8 Å². The molecule has 0 bridgehead atoms. The van der Waals surface area contributed by atoms with Gasteiger partial charge in [0.2, 0.25) is 5.82 Å². The van der Waals surface area contributed by atoms with Crippen LogP contribution >= 0.6 is 15.9 Å². The van der Waals surface area contributed by atoms with Gasteiger partial charge in [-0.3, -0.25) is 4.79 Å². The van der Waals surface area contributed by atoms with Gasteiger partial charge in [0.05, 0.1) is 5.69 Å². The van der Waals surface area contributed by atoms with Crippen LogP contribution < -0.4 is 5.32 Å². The van der Waals surface area contributed by atoms with Crippen LogP contribution in [0.1, 0.15) is 28.7 Å². The van der Waals surface area contributed by atoms with Gasteiger partial charge < -0.3 is 5.32 Å². The van der Waals surface area contributed by atoms with Crippen LogP contribution in [-0.2, 0) is 6.42 Å². The van der Waals surface area contributed by atoms with Gasteiger partial charge in [-0.2, -0.15) is 0 Å². The molecule has 1 aromatic heterocycles. The van der Waals surface area contributed by atoms with Crippen LogP contribution in [0.2, 0.25) is 0 Å². The molecule has 0 spiro atoms. The van der Waals surface area contributed by atoms with E-state index in [0.29, 0.717) is 5.82 Å². The third-order valence-corrected chi connectivity index (χ3v) is 5.41. The zero-order valence-electron chi connectivity index (χ0n) is 16.8. The monoisotopic (exact) mass is 460 g/mol. The number of aryl methyl sites for hydroxylation is 2. The highest BCUT2D eigenvalue weighted by Crippen LogP contribution is 2.25. The van der Waals surface area contributed by atoms with Crippen LogP contribution in [0.4, 0.5) is 5.69 Å². The summed E-state index contributed by atoms with van der Waals surface area (Å²) in [6.07, 6.45) is 0.952.